The lowest BCUT2D eigenvalue weighted by Crippen LogP contribution is -2.15. The van der Waals surface area contributed by atoms with Gasteiger partial charge in [-0.05, 0) is 36.6 Å². The third kappa shape index (κ3) is 4.35. The van der Waals surface area contributed by atoms with E-state index in [2.05, 4.69) is 0 Å². The lowest BCUT2D eigenvalue weighted by molar-refractivity contribution is -0.131. The van der Waals surface area contributed by atoms with Crippen LogP contribution in [-0.2, 0) is 4.79 Å². The summed E-state index contributed by atoms with van der Waals surface area (Å²) in [6.07, 6.45) is 2.99. The minimum atomic E-state index is -1.18. The summed E-state index contributed by atoms with van der Waals surface area (Å²) in [6.45, 7) is 3.74. The Bertz CT molecular complexity index is 457. The normalized spacial score (nSPS) is 11.2. The summed E-state index contributed by atoms with van der Waals surface area (Å²) in [5.41, 5.74) is 0.134. The van der Waals surface area contributed by atoms with Crippen molar-refractivity contribution >= 4 is 12.0 Å². The molecule has 0 aliphatic rings. The van der Waals surface area contributed by atoms with Gasteiger partial charge in [0.25, 0.3) is 0 Å². The Morgan fingerprint density at radius 3 is 2.26 bits per heavy atom. The summed E-state index contributed by atoms with van der Waals surface area (Å²) in [5.74, 6) is -3.27. The van der Waals surface area contributed by atoms with Gasteiger partial charge in [-0.3, -0.25) is 0 Å². The van der Waals surface area contributed by atoms with Gasteiger partial charge in [-0.15, -0.1) is 0 Å². The molecule has 1 rings (SSSR count). The zero-order valence-electron chi connectivity index (χ0n) is 10.8. The van der Waals surface area contributed by atoms with Crippen LogP contribution >= 0.6 is 0 Å². The van der Waals surface area contributed by atoms with Gasteiger partial charge in [0.05, 0.1) is 6.10 Å². The summed E-state index contributed by atoms with van der Waals surface area (Å²) in [4.78, 5) is 10.3. The van der Waals surface area contributed by atoms with E-state index in [9.17, 15) is 13.6 Å². The van der Waals surface area contributed by atoms with Crippen molar-refractivity contribution < 1.29 is 23.4 Å². The van der Waals surface area contributed by atoms with Crippen LogP contribution in [0.3, 0.4) is 0 Å². The first-order chi connectivity index (χ1) is 8.97. The Morgan fingerprint density at radius 1 is 1.32 bits per heavy atom. The molecule has 0 aliphatic heterocycles. The molecule has 0 unspecified atom stereocenters. The molecule has 3 nitrogen and oxygen atoms in total. The first kappa shape index (κ1) is 15.1. The number of carboxylic acids is 1. The van der Waals surface area contributed by atoms with Crippen molar-refractivity contribution in [2.24, 2.45) is 0 Å². The fourth-order valence-corrected chi connectivity index (χ4v) is 1.58. The molecule has 5 heteroatoms. The van der Waals surface area contributed by atoms with Gasteiger partial charge in [-0.2, -0.15) is 0 Å². The Morgan fingerprint density at radius 2 is 1.84 bits per heavy atom. The fraction of sp³-hybridized carbons (Fsp3) is 0.357. The second-order valence-corrected chi connectivity index (χ2v) is 4.04. The van der Waals surface area contributed by atoms with Gasteiger partial charge < -0.3 is 9.84 Å². The number of hydrogen-bond donors (Lipinski definition) is 1. The van der Waals surface area contributed by atoms with E-state index in [1.165, 1.54) is 0 Å². The monoisotopic (exact) mass is 270 g/mol. The number of carbonyl (C=O) groups is 1. The first-order valence-electron chi connectivity index (χ1n) is 6.04. The molecule has 19 heavy (non-hydrogen) atoms. The summed E-state index contributed by atoms with van der Waals surface area (Å²) >= 11 is 0. The molecule has 0 aliphatic carbocycles. The molecule has 0 atom stereocenters. The van der Waals surface area contributed by atoms with Gasteiger partial charge in [-0.25, -0.2) is 13.6 Å². The highest BCUT2D eigenvalue weighted by molar-refractivity contribution is 5.85. The van der Waals surface area contributed by atoms with Crippen LogP contribution in [0.2, 0.25) is 0 Å². The Labute approximate surface area is 110 Å². The highest BCUT2D eigenvalue weighted by Gasteiger charge is 2.15. The van der Waals surface area contributed by atoms with Gasteiger partial charge in [0.2, 0.25) is 0 Å². The molecule has 0 radical (unpaired) electrons. The van der Waals surface area contributed by atoms with E-state index in [0.717, 1.165) is 24.3 Å². The predicted molar refractivity (Wildman–Crippen MR) is 68.0 cm³/mol. The smallest absolute Gasteiger partial charge is 0.328 e. The highest BCUT2D eigenvalue weighted by Crippen LogP contribution is 2.26. The summed E-state index contributed by atoms with van der Waals surface area (Å²) in [5, 5.41) is 8.45. The second kappa shape index (κ2) is 6.87. The van der Waals surface area contributed by atoms with Crippen molar-refractivity contribution in [3.8, 4) is 5.75 Å². The van der Waals surface area contributed by atoms with Gasteiger partial charge in [-0.1, -0.05) is 13.8 Å². The van der Waals surface area contributed by atoms with Crippen LogP contribution in [0.5, 0.6) is 5.75 Å². The van der Waals surface area contributed by atoms with Gasteiger partial charge in [0.1, 0.15) is 0 Å². The Kier molecular flexibility index (Phi) is 5.48. The summed E-state index contributed by atoms with van der Waals surface area (Å²) in [6, 6.07) is 2.08. The molecule has 0 fully saturated rings. The van der Waals surface area contributed by atoms with Crippen molar-refractivity contribution in [3.63, 3.8) is 0 Å². The van der Waals surface area contributed by atoms with Crippen molar-refractivity contribution in [2.45, 2.75) is 32.8 Å². The molecular formula is C14H16F2O3. The second-order valence-electron chi connectivity index (χ2n) is 4.04. The van der Waals surface area contributed by atoms with Crippen LogP contribution < -0.4 is 4.74 Å². The number of halogens is 2. The molecule has 0 saturated heterocycles. The topological polar surface area (TPSA) is 46.5 Å². The zero-order chi connectivity index (χ0) is 14.4. The van der Waals surface area contributed by atoms with Crippen LogP contribution in [0.1, 0.15) is 32.3 Å². The van der Waals surface area contributed by atoms with E-state index in [4.69, 9.17) is 9.84 Å². The maximum absolute atomic E-state index is 13.7. The average molecular weight is 270 g/mol. The first-order valence-corrected chi connectivity index (χ1v) is 6.04. The highest BCUT2D eigenvalue weighted by atomic mass is 19.1. The molecule has 0 bridgehead atoms. The third-order valence-corrected chi connectivity index (χ3v) is 2.63. The Balaban J connectivity index is 3.00. The predicted octanol–water partition coefficient (Wildman–Crippen LogP) is 3.63. The molecule has 0 saturated carbocycles. The molecule has 0 spiro atoms. The van der Waals surface area contributed by atoms with Crippen LogP contribution in [0, 0.1) is 11.6 Å². The van der Waals surface area contributed by atoms with Crippen molar-refractivity contribution in [1.29, 1.82) is 0 Å². The fourth-order valence-electron chi connectivity index (χ4n) is 1.58. The Hall–Kier alpha value is -1.91. The van der Waals surface area contributed by atoms with Crippen LogP contribution in [0.25, 0.3) is 6.08 Å². The molecule has 104 valence electrons. The molecule has 0 aromatic heterocycles. The van der Waals surface area contributed by atoms with Crippen LogP contribution in [0.4, 0.5) is 8.78 Å². The maximum Gasteiger partial charge on any atom is 0.328 e. The van der Waals surface area contributed by atoms with E-state index < -0.39 is 23.4 Å². The SMILES string of the molecule is CCC(CC)Oc1c(F)cc(C=CC(=O)O)cc1F. The third-order valence-electron chi connectivity index (χ3n) is 2.63. The number of benzene rings is 1. The molecule has 1 N–H and O–H groups in total. The zero-order valence-corrected chi connectivity index (χ0v) is 10.8. The number of ether oxygens (including phenoxy) is 1. The quantitative estimate of drug-likeness (QED) is 0.803. The number of hydrogen-bond acceptors (Lipinski definition) is 2. The van der Waals surface area contributed by atoms with Crippen LogP contribution in [0.15, 0.2) is 18.2 Å². The molecule has 1 aromatic rings. The minimum absolute atomic E-state index is 0.134. The average Bonchev–Trinajstić information content (AvgIpc) is 2.36. The van der Waals surface area contributed by atoms with Crippen LogP contribution in [-0.4, -0.2) is 17.2 Å². The van der Waals surface area contributed by atoms with Crippen molar-refractivity contribution in [3.05, 3.63) is 35.4 Å². The van der Waals surface area contributed by atoms with Gasteiger partial charge in [0.15, 0.2) is 17.4 Å². The van der Waals surface area contributed by atoms with Gasteiger partial charge >= 0.3 is 5.97 Å². The molecule has 1 aromatic carbocycles. The van der Waals surface area contributed by atoms with E-state index >= 15 is 0 Å². The number of aliphatic carboxylic acids is 1. The number of rotatable bonds is 6. The summed E-state index contributed by atoms with van der Waals surface area (Å²) in [7, 11) is 0. The van der Waals surface area contributed by atoms with E-state index in [-0.39, 0.29) is 11.7 Å². The lowest BCUT2D eigenvalue weighted by Gasteiger charge is -2.16. The van der Waals surface area contributed by atoms with Crippen molar-refractivity contribution in [1.82, 2.24) is 0 Å². The largest absolute Gasteiger partial charge is 0.484 e. The van der Waals surface area contributed by atoms with Crippen molar-refractivity contribution in [2.75, 3.05) is 0 Å². The summed E-state index contributed by atoms with van der Waals surface area (Å²) < 4.78 is 32.7. The number of carboxylic acid groups (broad SMARTS) is 1. The lowest BCUT2D eigenvalue weighted by atomic mass is 10.1. The molecule has 0 heterocycles. The van der Waals surface area contributed by atoms with Gasteiger partial charge in [0, 0.05) is 6.08 Å². The minimum Gasteiger partial charge on any atom is -0.484 e. The van der Waals surface area contributed by atoms with E-state index in [1.807, 2.05) is 13.8 Å². The van der Waals surface area contributed by atoms with E-state index in [1.54, 1.807) is 0 Å². The molecule has 0 amide bonds. The molecular weight excluding hydrogens is 254 g/mol. The van der Waals surface area contributed by atoms with E-state index in [0.29, 0.717) is 12.8 Å². The standard InChI is InChI=1S/C14H16F2O3/c1-3-10(4-2)19-14-11(15)7-9(8-12(14)16)5-6-13(17)18/h5-8,10H,3-4H2,1-2H3,(H,17,18). The maximum atomic E-state index is 13.7.